The first-order chi connectivity index (χ1) is 17.4. The first-order valence-corrected chi connectivity index (χ1v) is 12.3. The van der Waals surface area contributed by atoms with Crippen LogP contribution in [0.5, 0.6) is 11.5 Å². The number of ether oxygens (including phenoxy) is 2. The van der Waals surface area contributed by atoms with Crippen LogP contribution in [0.4, 0.5) is 15.8 Å². The molecule has 3 aromatic carbocycles. The second-order valence-electron chi connectivity index (χ2n) is 8.39. The first kappa shape index (κ1) is 25.7. The van der Waals surface area contributed by atoms with Gasteiger partial charge in [0.05, 0.1) is 12.8 Å². The van der Waals surface area contributed by atoms with Gasteiger partial charge in [-0.2, -0.15) is 0 Å². The molecule has 36 heavy (non-hydrogen) atoms. The number of benzene rings is 3. The molecule has 1 fully saturated rings. The molecule has 1 N–H and O–H groups in total. The van der Waals surface area contributed by atoms with E-state index >= 15 is 0 Å². The molecule has 1 saturated heterocycles. The van der Waals surface area contributed by atoms with E-state index in [0.29, 0.717) is 59.1 Å². The molecule has 0 saturated carbocycles. The summed E-state index contributed by atoms with van der Waals surface area (Å²) < 4.78 is 25.3. The molecule has 1 aliphatic heterocycles. The van der Waals surface area contributed by atoms with Gasteiger partial charge >= 0.3 is 0 Å². The summed E-state index contributed by atoms with van der Waals surface area (Å²) in [7, 11) is 1.54. The van der Waals surface area contributed by atoms with Gasteiger partial charge in [0.1, 0.15) is 10.8 Å². The number of aryl methyl sites for hydroxylation is 1. The maximum Gasteiger partial charge on any atom is 0.262 e. The average Bonchev–Trinajstić information content (AvgIpc) is 2.89. The number of amides is 1. The third-order valence-corrected chi connectivity index (χ3v) is 6.73. The Labute approximate surface area is 220 Å². The van der Waals surface area contributed by atoms with Crippen molar-refractivity contribution in [1.29, 1.82) is 0 Å². The van der Waals surface area contributed by atoms with Crippen molar-refractivity contribution in [3.63, 3.8) is 0 Å². The molecular weight excluding hydrogens is 501 g/mol. The highest BCUT2D eigenvalue weighted by Gasteiger charge is 2.22. The molecule has 0 bridgehead atoms. The topological polar surface area (TPSA) is 54.0 Å². The lowest BCUT2D eigenvalue weighted by molar-refractivity contribution is -0.118. The van der Waals surface area contributed by atoms with E-state index < -0.39 is 0 Å². The van der Waals surface area contributed by atoms with Gasteiger partial charge in [-0.05, 0) is 55.0 Å². The highest BCUT2D eigenvalue weighted by Crippen LogP contribution is 2.29. The number of carbonyl (C=O) groups is 1. The Hall–Kier alpha value is -3.36. The molecule has 0 spiro atoms. The average molecular weight is 528 g/mol. The van der Waals surface area contributed by atoms with Crippen LogP contribution in [0, 0.1) is 12.7 Å². The van der Waals surface area contributed by atoms with E-state index in [-0.39, 0.29) is 18.3 Å². The summed E-state index contributed by atoms with van der Waals surface area (Å²) in [6.45, 7) is 4.39. The largest absolute Gasteiger partial charge is 0.493 e. The van der Waals surface area contributed by atoms with Crippen molar-refractivity contribution >= 4 is 46.1 Å². The van der Waals surface area contributed by atoms with Gasteiger partial charge in [-0.3, -0.25) is 4.79 Å². The van der Waals surface area contributed by atoms with Crippen LogP contribution in [0.15, 0.2) is 60.7 Å². The SMILES string of the molecule is COc1cc(C(=S)N2CCN(c3ccccc3F)CC2)ccc1OCC(=O)Nc1cc(Cl)ccc1C. The fourth-order valence-corrected chi connectivity index (χ4v) is 4.50. The smallest absolute Gasteiger partial charge is 0.262 e. The quantitative estimate of drug-likeness (QED) is 0.420. The summed E-state index contributed by atoms with van der Waals surface area (Å²) in [5, 5.41) is 3.35. The molecule has 0 aromatic heterocycles. The first-order valence-electron chi connectivity index (χ1n) is 11.5. The van der Waals surface area contributed by atoms with E-state index in [1.807, 2.05) is 30.0 Å². The monoisotopic (exact) mass is 527 g/mol. The van der Waals surface area contributed by atoms with E-state index in [1.54, 1.807) is 36.4 Å². The van der Waals surface area contributed by atoms with Crippen LogP contribution in [0.25, 0.3) is 0 Å². The number of hydrogen-bond donors (Lipinski definition) is 1. The van der Waals surface area contributed by atoms with Crippen molar-refractivity contribution in [3.8, 4) is 11.5 Å². The van der Waals surface area contributed by atoms with Crippen LogP contribution < -0.4 is 19.7 Å². The summed E-state index contributed by atoms with van der Waals surface area (Å²) in [6, 6.07) is 17.5. The van der Waals surface area contributed by atoms with Gasteiger partial charge in [0.25, 0.3) is 5.91 Å². The zero-order valence-corrected chi connectivity index (χ0v) is 21.7. The number of nitrogens with one attached hydrogen (secondary N) is 1. The fraction of sp³-hybridized carbons (Fsp3) is 0.259. The number of thiocarbonyl (C=S) groups is 1. The Morgan fingerprint density at radius 3 is 2.53 bits per heavy atom. The molecule has 4 rings (SSSR count). The van der Waals surface area contributed by atoms with Gasteiger partial charge in [0.15, 0.2) is 18.1 Å². The standard InChI is InChI=1S/C27H27ClFN3O3S/c1-18-7-9-20(28)16-22(18)30-26(33)17-35-24-10-8-19(15-25(24)34-2)27(36)32-13-11-31(12-14-32)23-6-4-3-5-21(23)29/h3-10,15-16H,11-14,17H2,1-2H3,(H,30,33). The second kappa shape index (κ2) is 11.6. The molecule has 1 heterocycles. The van der Waals surface area contributed by atoms with Crippen molar-refractivity contribution < 1.29 is 18.7 Å². The van der Waals surface area contributed by atoms with Crippen LogP contribution in [0.1, 0.15) is 11.1 Å². The number of para-hydroxylation sites is 1. The van der Waals surface area contributed by atoms with Gasteiger partial charge in [-0.15, -0.1) is 0 Å². The minimum Gasteiger partial charge on any atom is -0.493 e. The number of anilines is 2. The summed E-state index contributed by atoms with van der Waals surface area (Å²) in [4.78, 5) is 17.2. The Bertz CT molecular complexity index is 1260. The van der Waals surface area contributed by atoms with Crippen LogP contribution >= 0.6 is 23.8 Å². The van der Waals surface area contributed by atoms with Crippen molar-refractivity contribution in [3.05, 3.63) is 82.6 Å². The third kappa shape index (κ3) is 6.06. The van der Waals surface area contributed by atoms with Gasteiger partial charge in [0.2, 0.25) is 0 Å². The van der Waals surface area contributed by atoms with E-state index in [2.05, 4.69) is 10.2 Å². The number of rotatable bonds is 7. The summed E-state index contributed by atoms with van der Waals surface area (Å²) in [5.41, 5.74) is 2.96. The number of carbonyl (C=O) groups excluding carboxylic acids is 1. The molecule has 1 amide bonds. The molecule has 3 aromatic rings. The van der Waals surface area contributed by atoms with Gasteiger partial charge in [-0.1, -0.05) is 42.0 Å². The normalized spacial score (nSPS) is 13.3. The minimum absolute atomic E-state index is 0.190. The number of halogens is 2. The highest BCUT2D eigenvalue weighted by atomic mass is 35.5. The predicted octanol–water partition coefficient (Wildman–Crippen LogP) is 5.31. The van der Waals surface area contributed by atoms with Crippen molar-refractivity contribution in [2.45, 2.75) is 6.92 Å². The van der Waals surface area contributed by atoms with Gasteiger partial charge < -0.3 is 24.6 Å². The lowest BCUT2D eigenvalue weighted by atomic mass is 10.1. The van der Waals surface area contributed by atoms with Crippen LogP contribution in [-0.4, -0.2) is 55.7 Å². The maximum atomic E-state index is 14.1. The number of nitrogens with zero attached hydrogens (tertiary/aromatic N) is 2. The van der Waals surface area contributed by atoms with Crippen LogP contribution in [0.2, 0.25) is 5.02 Å². The van der Waals surface area contributed by atoms with Gasteiger partial charge in [0, 0.05) is 42.5 Å². The van der Waals surface area contributed by atoms with Crippen molar-refractivity contribution in [2.24, 2.45) is 0 Å². The minimum atomic E-state index is -0.310. The van der Waals surface area contributed by atoms with E-state index in [4.69, 9.17) is 33.3 Å². The highest BCUT2D eigenvalue weighted by molar-refractivity contribution is 7.80. The lowest BCUT2D eigenvalue weighted by Gasteiger charge is -2.37. The summed E-state index contributed by atoms with van der Waals surface area (Å²) >= 11 is 11.8. The lowest BCUT2D eigenvalue weighted by Crippen LogP contribution is -2.48. The van der Waals surface area contributed by atoms with Crippen molar-refractivity contribution in [2.75, 3.05) is 50.1 Å². The zero-order valence-electron chi connectivity index (χ0n) is 20.1. The maximum absolute atomic E-state index is 14.1. The van der Waals surface area contributed by atoms with E-state index in [1.165, 1.54) is 13.2 Å². The van der Waals surface area contributed by atoms with E-state index in [9.17, 15) is 9.18 Å². The molecular formula is C27H27ClFN3O3S. The molecule has 1 aliphatic rings. The van der Waals surface area contributed by atoms with Crippen molar-refractivity contribution in [1.82, 2.24) is 4.90 Å². The molecule has 0 radical (unpaired) electrons. The Balaban J connectivity index is 1.35. The summed E-state index contributed by atoms with van der Waals surface area (Å²) in [5.74, 6) is 0.387. The zero-order chi connectivity index (χ0) is 25.7. The number of piperazine rings is 1. The molecule has 0 atom stereocenters. The molecule has 188 valence electrons. The third-order valence-electron chi connectivity index (χ3n) is 6.00. The summed E-state index contributed by atoms with van der Waals surface area (Å²) in [6.07, 6.45) is 0. The predicted molar refractivity (Wildman–Crippen MR) is 145 cm³/mol. The Morgan fingerprint density at radius 1 is 1.06 bits per heavy atom. The Morgan fingerprint density at radius 2 is 1.81 bits per heavy atom. The van der Waals surface area contributed by atoms with Crippen LogP contribution in [-0.2, 0) is 4.79 Å². The molecule has 0 unspecified atom stereocenters. The Kier molecular flexibility index (Phi) is 8.28. The molecule has 9 heteroatoms. The number of hydrogen-bond acceptors (Lipinski definition) is 5. The van der Waals surface area contributed by atoms with E-state index in [0.717, 1.165) is 11.1 Å². The fourth-order valence-electron chi connectivity index (χ4n) is 4.02. The number of methoxy groups -OCH3 is 1. The van der Waals surface area contributed by atoms with Crippen LogP contribution in [0.3, 0.4) is 0 Å². The molecule has 0 aliphatic carbocycles. The van der Waals surface area contributed by atoms with Gasteiger partial charge in [-0.25, -0.2) is 4.39 Å². The second-order valence-corrected chi connectivity index (χ2v) is 9.22. The molecule has 6 nitrogen and oxygen atoms in total.